The molecule has 0 aliphatic carbocycles. The summed E-state index contributed by atoms with van der Waals surface area (Å²) in [5.74, 6) is -2.90. The first-order chi connectivity index (χ1) is 18.1. The summed E-state index contributed by atoms with van der Waals surface area (Å²) in [4.78, 5) is 45.2. The van der Waals surface area contributed by atoms with Crippen LogP contribution in [-0.4, -0.2) is 76.2 Å². The van der Waals surface area contributed by atoms with E-state index in [2.05, 4.69) is 22.5 Å². The third-order valence-electron chi connectivity index (χ3n) is 8.65. The highest BCUT2D eigenvalue weighted by Crippen LogP contribution is 2.61. The fraction of sp³-hybridized carbons (Fsp3) is 0.621. The summed E-state index contributed by atoms with van der Waals surface area (Å²) in [7, 11) is 0. The fourth-order valence-electron chi connectivity index (χ4n) is 6.83. The summed E-state index contributed by atoms with van der Waals surface area (Å²) in [5.41, 5.74) is 1.38. The Hall–Kier alpha value is -2.23. The largest absolute Gasteiger partial charge is 0.466 e. The standard InChI is InChI=1S/C29H39BrN2O6/c1-7-13-31(23-17(5)11-10-12-18(23)6)27(35)25-29-14-19(30)24(38-29)21(28(36)37-9-3)22(29)26(34)32(25)20(15-33)16(4)8-2/h7,10-12,16,19-22,24-25,33H,1,8-9,13-15H2,2-6H3/t16-,19?,20-,21+,22-,24+,25?,29?/m0/s1. The van der Waals surface area contributed by atoms with Gasteiger partial charge in [-0.3, -0.25) is 14.4 Å². The Morgan fingerprint density at radius 3 is 2.55 bits per heavy atom. The number of halogens is 1. The van der Waals surface area contributed by atoms with E-state index in [0.717, 1.165) is 16.8 Å². The van der Waals surface area contributed by atoms with Gasteiger partial charge < -0.3 is 24.4 Å². The Kier molecular flexibility index (Phi) is 8.40. The Morgan fingerprint density at radius 2 is 2.00 bits per heavy atom. The third kappa shape index (κ3) is 4.31. The first kappa shape index (κ1) is 28.8. The van der Waals surface area contributed by atoms with Crippen molar-refractivity contribution in [3.8, 4) is 0 Å². The lowest BCUT2D eigenvalue weighted by molar-refractivity contribution is -0.155. The number of likely N-dealkylation sites (tertiary alicyclic amines) is 1. The van der Waals surface area contributed by atoms with Crippen LogP contribution in [0.15, 0.2) is 30.9 Å². The van der Waals surface area contributed by atoms with Crippen molar-refractivity contribution in [1.29, 1.82) is 0 Å². The molecule has 1 aromatic rings. The second-order valence-corrected chi connectivity index (χ2v) is 12.0. The van der Waals surface area contributed by atoms with Crippen molar-refractivity contribution in [3.63, 3.8) is 0 Å². The Balaban J connectivity index is 1.90. The normalized spacial score (nSPS) is 31.2. The van der Waals surface area contributed by atoms with Crippen molar-refractivity contribution in [2.45, 2.75) is 76.1 Å². The number of rotatable bonds is 10. The van der Waals surface area contributed by atoms with Crippen molar-refractivity contribution in [1.82, 2.24) is 4.90 Å². The van der Waals surface area contributed by atoms with E-state index in [1.165, 1.54) is 0 Å². The molecular weight excluding hydrogens is 552 g/mol. The molecule has 1 N–H and O–H groups in total. The number of fused-ring (bicyclic) bond motifs is 1. The molecule has 2 bridgehead atoms. The topological polar surface area (TPSA) is 96.4 Å². The van der Waals surface area contributed by atoms with Crippen LogP contribution >= 0.6 is 15.9 Å². The number of hydrogen-bond donors (Lipinski definition) is 1. The van der Waals surface area contributed by atoms with Crippen molar-refractivity contribution in [3.05, 3.63) is 42.0 Å². The minimum atomic E-state index is -1.22. The maximum atomic E-state index is 14.8. The number of esters is 1. The predicted molar refractivity (Wildman–Crippen MR) is 148 cm³/mol. The summed E-state index contributed by atoms with van der Waals surface area (Å²) < 4.78 is 12.0. The fourth-order valence-corrected chi connectivity index (χ4v) is 7.77. The number of hydrogen-bond acceptors (Lipinski definition) is 6. The highest BCUT2D eigenvalue weighted by molar-refractivity contribution is 9.09. The van der Waals surface area contributed by atoms with E-state index in [9.17, 15) is 19.5 Å². The zero-order chi connectivity index (χ0) is 27.9. The minimum Gasteiger partial charge on any atom is -0.466 e. The van der Waals surface area contributed by atoms with Crippen molar-refractivity contribution in [2.24, 2.45) is 17.8 Å². The maximum absolute atomic E-state index is 14.8. The van der Waals surface area contributed by atoms with Crippen LogP contribution in [0.4, 0.5) is 5.69 Å². The number of carbonyl (C=O) groups is 3. The molecule has 1 spiro atoms. The monoisotopic (exact) mass is 590 g/mol. The number of alkyl halides is 1. The van der Waals surface area contributed by atoms with Crippen LogP contribution in [0.5, 0.6) is 0 Å². The summed E-state index contributed by atoms with van der Waals surface area (Å²) >= 11 is 3.68. The average Bonchev–Trinajstić information content (AvgIpc) is 3.47. The van der Waals surface area contributed by atoms with Crippen LogP contribution in [0.1, 0.15) is 44.7 Å². The smallest absolute Gasteiger partial charge is 0.312 e. The number of amides is 2. The number of ether oxygens (including phenoxy) is 2. The lowest BCUT2D eigenvalue weighted by Gasteiger charge is -2.41. The van der Waals surface area contributed by atoms with Crippen LogP contribution < -0.4 is 4.90 Å². The van der Waals surface area contributed by atoms with Crippen molar-refractivity contribution < 1.29 is 29.0 Å². The van der Waals surface area contributed by atoms with Crippen LogP contribution in [-0.2, 0) is 23.9 Å². The number of nitrogens with zero attached hydrogens (tertiary/aromatic N) is 2. The van der Waals surface area contributed by atoms with Gasteiger partial charge in [0.05, 0.1) is 37.2 Å². The second-order valence-electron chi connectivity index (χ2n) is 10.8. The first-order valence-corrected chi connectivity index (χ1v) is 14.4. The number of aryl methyl sites for hydroxylation is 2. The van der Waals surface area contributed by atoms with E-state index in [1.807, 2.05) is 45.9 Å². The van der Waals surface area contributed by atoms with Gasteiger partial charge in [-0.1, -0.05) is 60.5 Å². The van der Waals surface area contributed by atoms with E-state index >= 15 is 0 Å². The van der Waals surface area contributed by atoms with Crippen LogP contribution in [0.3, 0.4) is 0 Å². The zero-order valence-electron chi connectivity index (χ0n) is 22.9. The molecule has 38 heavy (non-hydrogen) atoms. The molecule has 8 nitrogen and oxygen atoms in total. The molecule has 2 amide bonds. The van der Waals surface area contributed by atoms with Gasteiger partial charge in [0.2, 0.25) is 5.91 Å². The van der Waals surface area contributed by atoms with Gasteiger partial charge in [-0.15, -0.1) is 6.58 Å². The average molecular weight is 592 g/mol. The molecule has 3 aliphatic heterocycles. The zero-order valence-corrected chi connectivity index (χ0v) is 24.4. The SMILES string of the molecule is C=CCN(C(=O)C1N([C@@H](CO)[C@@H](C)CC)C(=O)[C@@H]2[C@@H](C(=O)OCC)[C@@H]3OC12CC3Br)c1c(C)cccc1C. The molecule has 3 saturated heterocycles. The van der Waals surface area contributed by atoms with Crippen molar-refractivity contribution in [2.75, 3.05) is 24.7 Å². The van der Waals surface area contributed by atoms with Crippen LogP contribution in [0, 0.1) is 31.6 Å². The molecule has 9 heteroatoms. The highest BCUT2D eigenvalue weighted by Gasteiger charge is 2.77. The lowest BCUT2D eigenvalue weighted by Crippen LogP contribution is -2.60. The molecule has 0 saturated carbocycles. The summed E-state index contributed by atoms with van der Waals surface area (Å²) in [6.45, 7) is 13.6. The Labute approximate surface area is 233 Å². The van der Waals surface area contributed by atoms with Gasteiger partial charge in [-0.25, -0.2) is 0 Å². The third-order valence-corrected chi connectivity index (χ3v) is 9.50. The number of carbonyl (C=O) groups excluding carboxylic acids is 3. The van der Waals surface area contributed by atoms with E-state index in [0.29, 0.717) is 12.8 Å². The van der Waals surface area contributed by atoms with Crippen molar-refractivity contribution >= 4 is 39.4 Å². The van der Waals surface area contributed by atoms with Crippen LogP contribution in [0.25, 0.3) is 0 Å². The van der Waals surface area contributed by atoms with Gasteiger partial charge >= 0.3 is 5.97 Å². The first-order valence-electron chi connectivity index (χ1n) is 13.5. The molecule has 8 atom stereocenters. The summed E-state index contributed by atoms with van der Waals surface area (Å²) in [6.07, 6.45) is 2.18. The van der Waals surface area contributed by atoms with E-state index < -0.39 is 41.6 Å². The highest BCUT2D eigenvalue weighted by atomic mass is 79.9. The van der Waals surface area contributed by atoms with Gasteiger partial charge in [0, 0.05) is 17.1 Å². The molecule has 0 radical (unpaired) electrons. The Bertz CT molecular complexity index is 1090. The van der Waals surface area contributed by atoms with Gasteiger partial charge in [0.15, 0.2) is 0 Å². The van der Waals surface area contributed by atoms with Gasteiger partial charge in [0.25, 0.3) is 5.91 Å². The molecule has 0 aromatic heterocycles. The maximum Gasteiger partial charge on any atom is 0.312 e. The Morgan fingerprint density at radius 1 is 1.34 bits per heavy atom. The van der Waals surface area contributed by atoms with Gasteiger partial charge in [-0.05, 0) is 44.2 Å². The molecular formula is C29H39BrN2O6. The summed E-state index contributed by atoms with van der Waals surface area (Å²) in [5, 5.41) is 10.5. The number of para-hydroxylation sites is 1. The number of benzene rings is 1. The molecule has 208 valence electrons. The van der Waals surface area contributed by atoms with Gasteiger partial charge in [0.1, 0.15) is 11.6 Å². The number of aliphatic hydroxyl groups is 1. The number of aliphatic hydroxyl groups excluding tert-OH is 1. The molecule has 3 heterocycles. The minimum absolute atomic E-state index is 0.0828. The molecule has 3 unspecified atom stereocenters. The molecule has 3 fully saturated rings. The second kappa shape index (κ2) is 11.1. The van der Waals surface area contributed by atoms with Gasteiger partial charge in [-0.2, -0.15) is 0 Å². The van der Waals surface area contributed by atoms with E-state index in [1.54, 1.807) is 22.8 Å². The lowest BCUT2D eigenvalue weighted by atomic mass is 9.70. The van der Waals surface area contributed by atoms with E-state index in [4.69, 9.17) is 9.47 Å². The molecule has 1 aromatic carbocycles. The number of anilines is 1. The van der Waals surface area contributed by atoms with E-state index in [-0.39, 0.29) is 42.3 Å². The van der Waals surface area contributed by atoms with Crippen LogP contribution in [0.2, 0.25) is 0 Å². The molecule has 4 rings (SSSR count). The predicted octanol–water partition coefficient (Wildman–Crippen LogP) is 3.54. The molecule has 3 aliphatic rings. The summed E-state index contributed by atoms with van der Waals surface area (Å²) in [6, 6.07) is 4.21. The quantitative estimate of drug-likeness (QED) is 0.254.